The van der Waals surface area contributed by atoms with Crippen molar-refractivity contribution in [2.45, 2.75) is 13.0 Å². The maximum Gasteiger partial charge on any atom is 0.166 e. The molecule has 19 heavy (non-hydrogen) atoms. The molecule has 3 nitrogen and oxygen atoms in total. The molecule has 0 aliphatic heterocycles. The van der Waals surface area contributed by atoms with E-state index in [1.165, 1.54) is 12.1 Å². The van der Waals surface area contributed by atoms with Gasteiger partial charge in [0.05, 0.1) is 6.04 Å². The molecule has 0 aliphatic rings. The molecule has 1 rings (SSSR count). The Hall–Kier alpha value is -1.27. The third-order valence-electron chi connectivity index (χ3n) is 2.62. The van der Waals surface area contributed by atoms with Gasteiger partial charge in [-0.2, -0.15) is 0 Å². The predicted octanol–water partition coefficient (Wildman–Crippen LogP) is 2.05. The molecule has 0 unspecified atom stereocenters. The van der Waals surface area contributed by atoms with Gasteiger partial charge in [0.1, 0.15) is 11.6 Å². The van der Waals surface area contributed by atoms with E-state index in [9.17, 15) is 8.78 Å². The van der Waals surface area contributed by atoms with Crippen molar-refractivity contribution in [3.63, 3.8) is 0 Å². The van der Waals surface area contributed by atoms with Gasteiger partial charge < -0.3 is 15.5 Å². The molecular formula is C13H19F2N3S. The Labute approximate surface area is 118 Å². The van der Waals surface area contributed by atoms with E-state index in [0.29, 0.717) is 17.2 Å². The molecule has 6 heteroatoms. The first-order valence-corrected chi connectivity index (χ1v) is 6.45. The van der Waals surface area contributed by atoms with E-state index in [0.717, 1.165) is 12.6 Å². The molecule has 2 N–H and O–H groups in total. The number of hydrogen-bond donors (Lipinski definition) is 2. The smallest absolute Gasteiger partial charge is 0.166 e. The van der Waals surface area contributed by atoms with Gasteiger partial charge in [-0.1, -0.05) is 6.07 Å². The first-order valence-electron chi connectivity index (χ1n) is 6.04. The Morgan fingerprint density at radius 3 is 2.63 bits per heavy atom. The van der Waals surface area contributed by atoms with E-state index in [2.05, 4.69) is 10.6 Å². The van der Waals surface area contributed by atoms with Crippen molar-refractivity contribution in [3.8, 4) is 0 Å². The number of benzene rings is 1. The van der Waals surface area contributed by atoms with Crippen LogP contribution in [-0.2, 0) is 0 Å². The fraction of sp³-hybridized carbons (Fsp3) is 0.462. The van der Waals surface area contributed by atoms with Gasteiger partial charge >= 0.3 is 0 Å². The average Bonchev–Trinajstić information content (AvgIpc) is 2.27. The van der Waals surface area contributed by atoms with Gasteiger partial charge in [-0.3, -0.25) is 0 Å². The SMILES string of the molecule is C[C@H](NC(=S)NCCN(C)C)c1ccc(F)cc1F. The Balaban J connectivity index is 2.49. The number of halogens is 2. The number of thiocarbonyl (C=S) groups is 1. The third kappa shape index (κ3) is 5.48. The zero-order chi connectivity index (χ0) is 14.4. The molecule has 0 radical (unpaired) electrons. The summed E-state index contributed by atoms with van der Waals surface area (Å²) in [6.07, 6.45) is 0. The first-order chi connectivity index (χ1) is 8.90. The summed E-state index contributed by atoms with van der Waals surface area (Å²) in [5.41, 5.74) is 0.387. The Morgan fingerprint density at radius 1 is 1.37 bits per heavy atom. The number of nitrogens with one attached hydrogen (secondary N) is 2. The van der Waals surface area contributed by atoms with Crippen LogP contribution < -0.4 is 10.6 Å². The summed E-state index contributed by atoms with van der Waals surface area (Å²) in [7, 11) is 3.93. The molecule has 0 saturated heterocycles. The summed E-state index contributed by atoms with van der Waals surface area (Å²) in [5, 5.41) is 6.45. The summed E-state index contributed by atoms with van der Waals surface area (Å²) in [6.45, 7) is 3.33. The summed E-state index contributed by atoms with van der Waals surface area (Å²) >= 11 is 5.11. The highest BCUT2D eigenvalue weighted by atomic mass is 32.1. The average molecular weight is 287 g/mol. The van der Waals surface area contributed by atoms with Crippen LogP contribution in [0.5, 0.6) is 0 Å². The minimum Gasteiger partial charge on any atom is -0.361 e. The Kier molecular flexibility index (Phi) is 6.11. The fourth-order valence-electron chi connectivity index (χ4n) is 1.57. The molecule has 0 heterocycles. The summed E-state index contributed by atoms with van der Waals surface area (Å²) in [6, 6.07) is 3.21. The van der Waals surface area contributed by atoms with Crippen LogP contribution in [-0.4, -0.2) is 37.2 Å². The molecule has 1 aromatic carbocycles. The van der Waals surface area contributed by atoms with Crippen LogP contribution in [0.3, 0.4) is 0 Å². The van der Waals surface area contributed by atoms with E-state index in [4.69, 9.17) is 12.2 Å². The number of likely N-dealkylation sites (N-methyl/N-ethyl adjacent to an activating group) is 1. The molecule has 0 aliphatic carbocycles. The molecule has 0 bridgehead atoms. The van der Waals surface area contributed by atoms with Crippen LogP contribution in [0.2, 0.25) is 0 Å². The largest absolute Gasteiger partial charge is 0.361 e. The normalized spacial score (nSPS) is 12.3. The zero-order valence-corrected chi connectivity index (χ0v) is 12.2. The summed E-state index contributed by atoms with van der Waals surface area (Å²) in [4.78, 5) is 2.03. The van der Waals surface area contributed by atoms with Gasteiger partial charge in [-0.25, -0.2) is 8.78 Å². The highest BCUT2D eigenvalue weighted by Crippen LogP contribution is 2.17. The zero-order valence-electron chi connectivity index (χ0n) is 11.3. The van der Waals surface area contributed by atoms with E-state index in [1.54, 1.807) is 6.92 Å². The second-order valence-electron chi connectivity index (χ2n) is 4.59. The number of rotatable bonds is 5. The quantitative estimate of drug-likeness (QED) is 0.811. The van der Waals surface area contributed by atoms with Gasteiger partial charge in [-0.05, 0) is 39.3 Å². The summed E-state index contributed by atoms with van der Waals surface area (Å²) < 4.78 is 26.4. The van der Waals surface area contributed by atoms with Crippen molar-refractivity contribution < 1.29 is 8.78 Å². The molecule has 0 saturated carbocycles. The predicted molar refractivity (Wildman–Crippen MR) is 77.1 cm³/mol. The van der Waals surface area contributed by atoms with Crippen molar-refractivity contribution in [2.75, 3.05) is 27.2 Å². The van der Waals surface area contributed by atoms with Gasteiger partial charge in [0.15, 0.2) is 5.11 Å². The van der Waals surface area contributed by atoms with Crippen LogP contribution in [0.25, 0.3) is 0 Å². The van der Waals surface area contributed by atoms with E-state index < -0.39 is 11.6 Å². The lowest BCUT2D eigenvalue weighted by atomic mass is 10.1. The molecular weight excluding hydrogens is 268 g/mol. The standard InChI is InChI=1S/C13H19F2N3S/c1-9(11-5-4-10(14)8-12(11)15)17-13(19)16-6-7-18(2)3/h4-5,8-9H,6-7H2,1-3H3,(H2,16,17,19)/t9-/m0/s1. The van der Waals surface area contributed by atoms with Crippen LogP contribution in [0.1, 0.15) is 18.5 Å². The molecule has 0 aromatic heterocycles. The second-order valence-corrected chi connectivity index (χ2v) is 5.00. The van der Waals surface area contributed by atoms with Gasteiger partial charge in [0.25, 0.3) is 0 Å². The lowest BCUT2D eigenvalue weighted by Crippen LogP contribution is -2.40. The fourth-order valence-corrected chi connectivity index (χ4v) is 1.85. The minimum absolute atomic E-state index is 0.319. The van der Waals surface area contributed by atoms with Crippen molar-refractivity contribution in [2.24, 2.45) is 0 Å². The Bertz CT molecular complexity index is 438. The molecule has 106 valence electrons. The van der Waals surface area contributed by atoms with Gasteiger partial charge in [0.2, 0.25) is 0 Å². The van der Waals surface area contributed by atoms with Crippen LogP contribution in [0.15, 0.2) is 18.2 Å². The van der Waals surface area contributed by atoms with Crippen LogP contribution in [0, 0.1) is 11.6 Å². The lowest BCUT2D eigenvalue weighted by Gasteiger charge is -2.18. The minimum atomic E-state index is -0.583. The van der Waals surface area contributed by atoms with E-state index in [1.807, 2.05) is 19.0 Å². The molecule has 0 spiro atoms. The van der Waals surface area contributed by atoms with Gasteiger partial charge in [0, 0.05) is 24.7 Å². The van der Waals surface area contributed by atoms with Crippen molar-refractivity contribution in [1.82, 2.24) is 15.5 Å². The van der Waals surface area contributed by atoms with Crippen molar-refractivity contribution in [3.05, 3.63) is 35.4 Å². The molecule has 1 atom stereocenters. The Morgan fingerprint density at radius 2 is 2.05 bits per heavy atom. The number of nitrogens with zero attached hydrogens (tertiary/aromatic N) is 1. The third-order valence-corrected chi connectivity index (χ3v) is 2.88. The lowest BCUT2D eigenvalue weighted by molar-refractivity contribution is 0.412. The molecule has 0 amide bonds. The highest BCUT2D eigenvalue weighted by molar-refractivity contribution is 7.80. The number of hydrogen-bond acceptors (Lipinski definition) is 2. The molecule has 1 aromatic rings. The van der Waals surface area contributed by atoms with Gasteiger partial charge in [-0.15, -0.1) is 0 Å². The van der Waals surface area contributed by atoms with Crippen molar-refractivity contribution in [1.29, 1.82) is 0 Å². The maximum atomic E-state index is 13.6. The topological polar surface area (TPSA) is 27.3 Å². The van der Waals surface area contributed by atoms with E-state index in [-0.39, 0.29) is 6.04 Å². The van der Waals surface area contributed by atoms with E-state index >= 15 is 0 Å². The van der Waals surface area contributed by atoms with Crippen LogP contribution >= 0.6 is 12.2 Å². The maximum absolute atomic E-state index is 13.6. The highest BCUT2D eigenvalue weighted by Gasteiger charge is 2.12. The van der Waals surface area contributed by atoms with Crippen molar-refractivity contribution >= 4 is 17.3 Å². The van der Waals surface area contributed by atoms with Crippen LogP contribution in [0.4, 0.5) is 8.78 Å². The molecule has 0 fully saturated rings. The summed E-state index contributed by atoms with van der Waals surface area (Å²) in [5.74, 6) is -1.16. The monoisotopic (exact) mass is 287 g/mol. The first kappa shape index (κ1) is 15.8. The second kappa shape index (κ2) is 7.35.